The van der Waals surface area contributed by atoms with Crippen LogP contribution in [0.15, 0.2) is 0 Å². The number of carbonyl (C=O) groups is 2. The zero-order chi connectivity index (χ0) is 19.0. The molecule has 0 aliphatic heterocycles. The van der Waals surface area contributed by atoms with Crippen LogP contribution in [0.3, 0.4) is 0 Å². The number of Topliss-reactive ketones (excluding diaryl/α,β-unsaturated/α-hetero) is 1. The molecule has 0 aliphatic carbocycles. The summed E-state index contributed by atoms with van der Waals surface area (Å²) in [5.41, 5.74) is 8.35. The first-order valence-electron chi connectivity index (χ1n) is 8.51. The fraction of sp³-hybridized carbons (Fsp3) is 0.824. The Morgan fingerprint density at radius 2 is 1.79 bits per heavy atom. The summed E-state index contributed by atoms with van der Waals surface area (Å²) in [6.45, 7) is 12.8. The molecule has 138 valence electrons. The number of esters is 1. The molecule has 0 aromatic heterocycles. The Morgan fingerprint density at radius 1 is 1.21 bits per heavy atom. The molecule has 24 heavy (non-hydrogen) atoms. The Labute approximate surface area is 146 Å². The van der Waals surface area contributed by atoms with Gasteiger partial charge in [0.05, 0.1) is 13.2 Å². The fourth-order valence-electron chi connectivity index (χ4n) is 2.03. The van der Waals surface area contributed by atoms with Crippen LogP contribution in [0.4, 0.5) is 0 Å². The highest BCUT2D eigenvalue weighted by atomic mass is 28.4. The van der Waals surface area contributed by atoms with Crippen molar-refractivity contribution >= 4 is 25.8 Å². The van der Waals surface area contributed by atoms with Crippen molar-refractivity contribution in [2.75, 3.05) is 7.11 Å². The largest absolute Gasteiger partial charge is 0.460 e. The molecule has 0 saturated carbocycles. The molecule has 0 radical (unpaired) electrons. The number of carbonyl (C=O) groups excluding carboxylic acids is 2. The number of hydrogen-bond acceptors (Lipinski definition) is 4. The van der Waals surface area contributed by atoms with Gasteiger partial charge in [0, 0.05) is 6.42 Å². The molecule has 0 aliphatic rings. The lowest BCUT2D eigenvalue weighted by Crippen LogP contribution is -2.45. The SMILES string of the molecule is CCCCC[C@H](CC(=O)C(=[N+]=[N-])C(=O)OC)O[Si](C)(C)C(C)(C)C. The number of methoxy groups -OCH3 is 1. The van der Waals surface area contributed by atoms with E-state index >= 15 is 0 Å². The molecule has 0 N–H and O–H groups in total. The highest BCUT2D eigenvalue weighted by Gasteiger charge is 2.40. The molecule has 0 spiro atoms. The lowest BCUT2D eigenvalue weighted by molar-refractivity contribution is -0.139. The molecule has 0 saturated heterocycles. The van der Waals surface area contributed by atoms with E-state index in [1.165, 1.54) is 0 Å². The van der Waals surface area contributed by atoms with Crippen LogP contribution in [0.5, 0.6) is 0 Å². The summed E-state index contributed by atoms with van der Waals surface area (Å²) in [4.78, 5) is 26.6. The minimum atomic E-state index is -2.05. The molecular formula is C17H32N2O4Si. The number of unbranched alkanes of at least 4 members (excludes halogenated alkanes) is 2. The van der Waals surface area contributed by atoms with E-state index in [1.807, 2.05) is 0 Å². The van der Waals surface area contributed by atoms with E-state index in [-0.39, 0.29) is 17.6 Å². The Kier molecular flexibility index (Phi) is 9.33. The van der Waals surface area contributed by atoms with Crippen LogP contribution in [-0.2, 0) is 18.8 Å². The average molecular weight is 357 g/mol. The van der Waals surface area contributed by atoms with Crippen LogP contribution in [-0.4, -0.2) is 43.8 Å². The van der Waals surface area contributed by atoms with Crippen LogP contribution in [0.25, 0.3) is 5.53 Å². The van der Waals surface area contributed by atoms with Gasteiger partial charge in [0.1, 0.15) is 0 Å². The Bertz CT molecular complexity index is 491. The maximum absolute atomic E-state index is 12.3. The van der Waals surface area contributed by atoms with E-state index in [2.05, 4.69) is 50.3 Å². The van der Waals surface area contributed by atoms with Gasteiger partial charge in [-0.2, -0.15) is 4.79 Å². The zero-order valence-corrected chi connectivity index (χ0v) is 17.1. The maximum atomic E-state index is 12.3. The minimum Gasteiger partial charge on any atom is -0.460 e. The highest BCUT2D eigenvalue weighted by Crippen LogP contribution is 2.38. The van der Waals surface area contributed by atoms with Crippen molar-refractivity contribution in [3.63, 3.8) is 0 Å². The molecule has 0 bridgehead atoms. The summed E-state index contributed by atoms with van der Waals surface area (Å²) >= 11 is 0. The van der Waals surface area contributed by atoms with Crippen LogP contribution in [0, 0.1) is 0 Å². The van der Waals surface area contributed by atoms with E-state index in [0.717, 1.165) is 32.8 Å². The fourth-order valence-corrected chi connectivity index (χ4v) is 3.42. The molecular weight excluding hydrogens is 324 g/mol. The second-order valence-corrected chi connectivity index (χ2v) is 12.3. The Hall–Kier alpha value is -1.30. The van der Waals surface area contributed by atoms with Crippen molar-refractivity contribution in [1.29, 1.82) is 0 Å². The quantitative estimate of drug-likeness (QED) is 0.113. The number of nitrogens with zero attached hydrogens (tertiary/aromatic N) is 2. The lowest BCUT2D eigenvalue weighted by atomic mass is 10.0. The Morgan fingerprint density at radius 3 is 2.21 bits per heavy atom. The smallest absolute Gasteiger partial charge is 0.441 e. The third kappa shape index (κ3) is 7.07. The molecule has 1 atom stereocenters. The van der Waals surface area contributed by atoms with Gasteiger partial charge in [-0.3, -0.25) is 4.79 Å². The number of hydrogen-bond donors (Lipinski definition) is 0. The first-order valence-corrected chi connectivity index (χ1v) is 11.4. The lowest BCUT2D eigenvalue weighted by Gasteiger charge is -2.39. The maximum Gasteiger partial charge on any atom is 0.441 e. The molecule has 0 amide bonds. The minimum absolute atomic E-state index is 0.0186. The topological polar surface area (TPSA) is 89.0 Å². The second-order valence-electron chi connectivity index (χ2n) is 7.56. The van der Waals surface area contributed by atoms with E-state index in [4.69, 9.17) is 9.96 Å². The van der Waals surface area contributed by atoms with Gasteiger partial charge in [-0.25, -0.2) is 4.79 Å². The molecule has 7 heteroatoms. The van der Waals surface area contributed by atoms with Gasteiger partial charge in [0.25, 0.3) is 5.78 Å². The monoisotopic (exact) mass is 356 g/mol. The van der Waals surface area contributed by atoms with Crippen LogP contribution in [0.1, 0.15) is 59.8 Å². The van der Waals surface area contributed by atoms with Gasteiger partial charge in [-0.1, -0.05) is 47.0 Å². The first-order chi connectivity index (χ1) is 11.0. The van der Waals surface area contributed by atoms with Crippen molar-refractivity contribution in [2.45, 2.75) is 84.0 Å². The summed E-state index contributed by atoms with van der Waals surface area (Å²) in [7, 11) is -0.902. The van der Waals surface area contributed by atoms with Crippen molar-refractivity contribution in [3.05, 3.63) is 5.53 Å². The molecule has 0 aromatic rings. The third-order valence-corrected chi connectivity index (χ3v) is 9.09. The number of ketones is 1. The number of ether oxygens (including phenoxy) is 1. The predicted octanol–water partition coefficient (Wildman–Crippen LogP) is 3.76. The average Bonchev–Trinajstić information content (AvgIpc) is 2.46. The predicted molar refractivity (Wildman–Crippen MR) is 96.5 cm³/mol. The summed E-state index contributed by atoms with van der Waals surface area (Å²) in [6.07, 6.45) is 3.56. The van der Waals surface area contributed by atoms with Gasteiger partial charge >= 0.3 is 11.7 Å². The van der Waals surface area contributed by atoms with E-state index in [9.17, 15) is 9.59 Å². The molecule has 0 unspecified atom stereocenters. The van der Waals surface area contributed by atoms with Gasteiger partial charge in [0.15, 0.2) is 8.32 Å². The summed E-state index contributed by atoms with van der Waals surface area (Å²) in [6, 6.07) is 0. The van der Waals surface area contributed by atoms with Gasteiger partial charge in [-0.15, -0.1) is 0 Å². The van der Waals surface area contributed by atoms with Gasteiger partial charge < -0.3 is 14.7 Å². The Balaban J connectivity index is 5.18. The van der Waals surface area contributed by atoms with Crippen LogP contribution in [0.2, 0.25) is 18.1 Å². The summed E-state index contributed by atoms with van der Waals surface area (Å²) in [5, 5.41) is 0.0231. The molecule has 0 fully saturated rings. The third-order valence-electron chi connectivity index (χ3n) is 4.55. The molecule has 0 aromatic carbocycles. The molecule has 0 rings (SSSR count). The number of rotatable bonds is 10. The van der Waals surface area contributed by atoms with E-state index < -0.39 is 25.8 Å². The summed E-state index contributed by atoms with van der Waals surface area (Å²) in [5.74, 6) is -1.48. The van der Waals surface area contributed by atoms with Crippen LogP contribution >= 0.6 is 0 Å². The van der Waals surface area contributed by atoms with Gasteiger partial charge in [0.2, 0.25) is 0 Å². The summed E-state index contributed by atoms with van der Waals surface area (Å²) < 4.78 is 10.8. The molecule has 0 heterocycles. The van der Waals surface area contributed by atoms with Crippen molar-refractivity contribution < 1.29 is 23.5 Å². The normalized spacial score (nSPS) is 13.1. The van der Waals surface area contributed by atoms with E-state index in [0.29, 0.717) is 0 Å². The van der Waals surface area contributed by atoms with Gasteiger partial charge in [-0.05, 0) is 24.6 Å². The second kappa shape index (κ2) is 9.86. The molecule has 6 nitrogen and oxygen atoms in total. The van der Waals surface area contributed by atoms with E-state index in [1.54, 1.807) is 0 Å². The first kappa shape index (κ1) is 22.7. The highest BCUT2D eigenvalue weighted by molar-refractivity contribution is 6.74. The standard InChI is InChI=1S/C17H32N2O4Si/c1-8-9-10-11-13(23-24(6,7)17(2,3)4)12-14(20)15(19-18)16(21)22-5/h13H,8-12H2,1-7H3/t13-/m1/s1. The van der Waals surface area contributed by atoms with Crippen molar-refractivity contribution in [2.24, 2.45) is 0 Å². The van der Waals surface area contributed by atoms with Crippen molar-refractivity contribution in [1.82, 2.24) is 0 Å². The van der Waals surface area contributed by atoms with Crippen LogP contribution < -0.4 is 0 Å². The van der Waals surface area contributed by atoms with Crippen molar-refractivity contribution in [3.8, 4) is 0 Å². The zero-order valence-electron chi connectivity index (χ0n) is 16.1.